The van der Waals surface area contributed by atoms with Crippen LogP contribution in [0.15, 0.2) is 158 Å². The molecule has 0 unspecified atom stereocenters. The van der Waals surface area contributed by atoms with Gasteiger partial charge in [0.1, 0.15) is 11.5 Å². The lowest BCUT2D eigenvalue weighted by atomic mass is 9.76. The Morgan fingerprint density at radius 3 is 1.47 bits per heavy atom. The second-order valence-corrected chi connectivity index (χ2v) is 12.4. The first-order valence-electron chi connectivity index (χ1n) is 14.3. The van der Waals surface area contributed by atoms with Crippen molar-refractivity contribution >= 4 is 22.6 Å². The van der Waals surface area contributed by atoms with Gasteiger partial charge in [0.05, 0.1) is 43.1 Å². The van der Waals surface area contributed by atoms with E-state index < -0.39 is 9.52 Å². The lowest BCUT2D eigenvalue weighted by Crippen LogP contribution is -2.46. The number of benzene rings is 5. The first kappa shape index (κ1) is 29.7. The van der Waals surface area contributed by atoms with Gasteiger partial charge >= 0.3 is 0 Å². The Morgan fingerprint density at radius 1 is 0.628 bits per heavy atom. The first-order valence-corrected chi connectivity index (χ1v) is 15.7. The van der Waals surface area contributed by atoms with Crippen molar-refractivity contribution in [3.8, 4) is 11.5 Å². The van der Waals surface area contributed by atoms with Gasteiger partial charge < -0.3 is 14.0 Å². The lowest BCUT2D eigenvalue weighted by molar-refractivity contribution is 0.414. The summed E-state index contributed by atoms with van der Waals surface area (Å²) >= 11 is 0. The summed E-state index contributed by atoms with van der Waals surface area (Å²) in [5.74, 6) is 1.69. The van der Waals surface area contributed by atoms with E-state index in [0.717, 1.165) is 22.6 Å². The minimum absolute atomic E-state index is 0.0163. The SMILES string of the molecule is COc1ccc(C([SiH2]c2ccccc2)(c2ccc(OC)cc2)n2ccnc2)cc1.[B]C(c1ccccc1)c1ccccc1. The summed E-state index contributed by atoms with van der Waals surface area (Å²) in [6, 6.07) is 47.8. The molecule has 2 radical (unpaired) electrons. The van der Waals surface area contributed by atoms with Crippen LogP contribution in [0.3, 0.4) is 0 Å². The van der Waals surface area contributed by atoms with Crippen LogP contribution >= 0.6 is 0 Å². The molecule has 212 valence electrons. The standard InChI is InChI=1S/C24H24N2O2Si.C13H11B/c1-27-21-12-8-19(9-13-21)24(26-17-16-25-18-26,29-23-6-4-3-5-7-23)20-10-14-22(28-2)15-11-20;14-13(11-7-3-1-4-8-11)12-9-5-2-6-10-12/h3-18H,29H2,1-2H3;1-10,13H. The minimum Gasteiger partial charge on any atom is -0.497 e. The number of methoxy groups -OCH3 is 2. The number of hydrogen-bond donors (Lipinski definition) is 0. The largest absolute Gasteiger partial charge is 0.497 e. The van der Waals surface area contributed by atoms with E-state index in [9.17, 15) is 0 Å². The van der Waals surface area contributed by atoms with Gasteiger partial charge in [-0.05, 0) is 52.3 Å². The van der Waals surface area contributed by atoms with Crippen molar-refractivity contribution in [2.45, 2.75) is 11.0 Å². The van der Waals surface area contributed by atoms with Crippen LogP contribution < -0.4 is 14.7 Å². The predicted molar refractivity (Wildman–Crippen MR) is 179 cm³/mol. The maximum atomic E-state index is 6.12. The molecule has 4 nitrogen and oxygen atoms in total. The summed E-state index contributed by atoms with van der Waals surface area (Å²) in [5.41, 5.74) is 4.74. The molecule has 0 spiro atoms. The fourth-order valence-corrected chi connectivity index (χ4v) is 7.73. The third-order valence-corrected chi connectivity index (χ3v) is 10.3. The Balaban J connectivity index is 0.000000220. The molecule has 1 aromatic heterocycles. The van der Waals surface area contributed by atoms with Crippen LogP contribution in [0.4, 0.5) is 0 Å². The molecule has 0 saturated heterocycles. The average Bonchev–Trinajstić information content (AvgIpc) is 3.64. The van der Waals surface area contributed by atoms with Crippen molar-refractivity contribution in [1.82, 2.24) is 9.55 Å². The van der Waals surface area contributed by atoms with E-state index in [0.29, 0.717) is 0 Å². The summed E-state index contributed by atoms with van der Waals surface area (Å²) in [6.07, 6.45) is 5.83. The first-order chi connectivity index (χ1) is 21.1. The quantitative estimate of drug-likeness (QED) is 0.195. The normalized spacial score (nSPS) is 11.2. The Hall–Kier alpha value is -4.81. The molecule has 0 N–H and O–H groups in total. The molecule has 0 aliphatic carbocycles. The summed E-state index contributed by atoms with van der Waals surface area (Å²) < 4.78 is 13.1. The van der Waals surface area contributed by atoms with E-state index in [-0.39, 0.29) is 11.0 Å². The third-order valence-electron chi connectivity index (χ3n) is 7.70. The maximum absolute atomic E-state index is 6.12. The number of imidazole rings is 1. The van der Waals surface area contributed by atoms with Crippen molar-refractivity contribution in [3.05, 3.63) is 181 Å². The summed E-state index contributed by atoms with van der Waals surface area (Å²) in [5, 5.41) is 1.06. The molecule has 0 aliphatic heterocycles. The van der Waals surface area contributed by atoms with Gasteiger partial charge in [0.2, 0.25) is 0 Å². The van der Waals surface area contributed by atoms with Crippen molar-refractivity contribution < 1.29 is 9.47 Å². The second kappa shape index (κ2) is 14.4. The van der Waals surface area contributed by atoms with Gasteiger partial charge in [-0.3, -0.25) is 0 Å². The Bertz CT molecular complexity index is 1560. The maximum Gasteiger partial charge on any atom is 0.118 e. The van der Waals surface area contributed by atoms with E-state index in [2.05, 4.69) is 94.6 Å². The molecule has 0 aliphatic rings. The highest BCUT2D eigenvalue weighted by Gasteiger charge is 2.36. The molecule has 6 heteroatoms. The highest BCUT2D eigenvalue weighted by molar-refractivity contribution is 6.57. The van der Waals surface area contributed by atoms with Crippen molar-refractivity contribution in [2.24, 2.45) is 0 Å². The van der Waals surface area contributed by atoms with Crippen molar-refractivity contribution in [2.75, 3.05) is 14.2 Å². The topological polar surface area (TPSA) is 36.3 Å². The molecule has 0 amide bonds. The molecule has 1 heterocycles. The van der Waals surface area contributed by atoms with Crippen LogP contribution in [0, 0.1) is 0 Å². The van der Waals surface area contributed by atoms with E-state index in [4.69, 9.17) is 17.3 Å². The van der Waals surface area contributed by atoms with Crippen LogP contribution in [0.5, 0.6) is 11.5 Å². The monoisotopic (exact) mass is 578 g/mol. The van der Waals surface area contributed by atoms with Gasteiger partial charge in [0.25, 0.3) is 0 Å². The smallest absolute Gasteiger partial charge is 0.118 e. The van der Waals surface area contributed by atoms with Crippen LogP contribution in [-0.4, -0.2) is 41.1 Å². The molecular formula is C37H35BN2O2Si. The second-order valence-electron chi connectivity index (χ2n) is 10.2. The van der Waals surface area contributed by atoms with Crippen LogP contribution in [0.25, 0.3) is 0 Å². The van der Waals surface area contributed by atoms with Gasteiger partial charge in [-0.1, -0.05) is 120 Å². The third kappa shape index (κ3) is 6.99. The highest BCUT2D eigenvalue weighted by atomic mass is 28.2. The fraction of sp³-hybridized carbons (Fsp3) is 0.108. The zero-order valence-electron chi connectivity index (χ0n) is 24.6. The van der Waals surface area contributed by atoms with E-state index in [1.807, 2.05) is 73.2 Å². The van der Waals surface area contributed by atoms with Crippen molar-refractivity contribution in [1.29, 1.82) is 0 Å². The van der Waals surface area contributed by atoms with E-state index in [1.165, 1.54) is 16.3 Å². The van der Waals surface area contributed by atoms with Crippen molar-refractivity contribution in [3.63, 3.8) is 0 Å². The molecule has 43 heavy (non-hydrogen) atoms. The van der Waals surface area contributed by atoms with Gasteiger partial charge in [-0.25, -0.2) is 4.98 Å². The summed E-state index contributed by atoms with van der Waals surface area (Å²) in [4.78, 5) is 4.38. The number of nitrogens with zero attached hydrogens (tertiary/aromatic N) is 2. The molecule has 0 saturated carbocycles. The molecule has 5 aromatic carbocycles. The zero-order valence-corrected chi connectivity index (χ0v) is 26.0. The Morgan fingerprint density at radius 2 is 1.07 bits per heavy atom. The summed E-state index contributed by atoms with van der Waals surface area (Å²) in [7, 11) is 8.64. The fourth-order valence-electron chi connectivity index (χ4n) is 5.38. The zero-order chi connectivity index (χ0) is 29.9. The number of rotatable bonds is 9. The van der Waals surface area contributed by atoms with Gasteiger partial charge in [0, 0.05) is 12.4 Å². The number of hydrogen-bond acceptors (Lipinski definition) is 3. The predicted octanol–water partition coefficient (Wildman–Crippen LogP) is 6.09. The minimum atomic E-state index is -0.866. The number of aromatic nitrogens is 2. The Kier molecular flexibility index (Phi) is 9.93. The van der Waals surface area contributed by atoms with Crippen LogP contribution in [-0.2, 0) is 5.16 Å². The molecule has 0 fully saturated rings. The average molecular weight is 579 g/mol. The van der Waals surface area contributed by atoms with Gasteiger partial charge in [-0.15, -0.1) is 0 Å². The van der Waals surface area contributed by atoms with Gasteiger partial charge in [0.15, 0.2) is 0 Å². The number of ether oxygens (including phenoxy) is 2. The van der Waals surface area contributed by atoms with Gasteiger partial charge in [-0.2, -0.15) is 0 Å². The lowest BCUT2D eigenvalue weighted by Gasteiger charge is -2.37. The molecular weight excluding hydrogens is 543 g/mol. The molecule has 0 bridgehead atoms. The van der Waals surface area contributed by atoms with E-state index in [1.54, 1.807) is 14.2 Å². The van der Waals surface area contributed by atoms with Crippen LogP contribution in [0.1, 0.15) is 28.1 Å². The highest BCUT2D eigenvalue weighted by Crippen LogP contribution is 2.35. The molecule has 6 aromatic rings. The van der Waals surface area contributed by atoms with Crippen LogP contribution in [0.2, 0.25) is 0 Å². The van der Waals surface area contributed by atoms with E-state index >= 15 is 0 Å². The molecule has 0 atom stereocenters. The Labute approximate surface area is 258 Å². The molecule has 6 rings (SSSR count). The summed E-state index contributed by atoms with van der Waals surface area (Å²) in [6.45, 7) is 0.